The van der Waals surface area contributed by atoms with Crippen LogP contribution in [0.1, 0.15) is 27.2 Å². The lowest BCUT2D eigenvalue weighted by Crippen LogP contribution is -2.20. The van der Waals surface area contributed by atoms with E-state index >= 15 is 0 Å². The fourth-order valence-electron chi connectivity index (χ4n) is 0.582. The van der Waals surface area contributed by atoms with E-state index in [0.717, 1.165) is 6.42 Å². The van der Waals surface area contributed by atoms with E-state index in [1.165, 1.54) is 0 Å². The minimum absolute atomic E-state index is 0.163. The van der Waals surface area contributed by atoms with Crippen LogP contribution in [-0.4, -0.2) is 0 Å². The fourth-order valence-corrected chi connectivity index (χ4v) is 0.582. The molecule has 0 spiro atoms. The normalized spacial score (nSPS) is 10.6. The molecule has 0 aliphatic rings. The molecule has 0 aliphatic carbocycles. The van der Waals surface area contributed by atoms with Gasteiger partial charge in [0.1, 0.15) is 5.92 Å². The Hall–Kier alpha value is -1.02. The van der Waals surface area contributed by atoms with Gasteiger partial charge >= 0.3 is 0 Å². The quantitative estimate of drug-likeness (QED) is 0.583. The Labute approximate surface area is 62.1 Å². The van der Waals surface area contributed by atoms with Crippen molar-refractivity contribution in [3.8, 4) is 12.1 Å². The van der Waals surface area contributed by atoms with Crippen LogP contribution in [0.2, 0.25) is 0 Å². The van der Waals surface area contributed by atoms with Gasteiger partial charge in [-0.25, -0.2) is 0 Å². The van der Waals surface area contributed by atoms with Crippen LogP contribution in [0.15, 0.2) is 0 Å². The minimum atomic E-state index is -0.475. The van der Waals surface area contributed by atoms with E-state index in [-0.39, 0.29) is 5.41 Å². The molecule has 0 aromatic rings. The maximum absolute atomic E-state index is 8.52. The van der Waals surface area contributed by atoms with Crippen LogP contribution in [0.5, 0.6) is 0 Å². The molecule has 2 heteroatoms. The van der Waals surface area contributed by atoms with E-state index in [2.05, 4.69) is 0 Å². The molecule has 2 nitrogen and oxygen atoms in total. The highest BCUT2D eigenvalue weighted by Gasteiger charge is 2.27. The van der Waals surface area contributed by atoms with E-state index in [9.17, 15) is 0 Å². The highest BCUT2D eigenvalue weighted by molar-refractivity contribution is 5.05. The second kappa shape index (κ2) is 3.22. The van der Waals surface area contributed by atoms with Crippen molar-refractivity contribution in [3.05, 3.63) is 0 Å². The Morgan fingerprint density at radius 1 is 1.30 bits per heavy atom. The monoisotopic (exact) mass is 136 g/mol. The number of hydrogen-bond donors (Lipinski definition) is 0. The van der Waals surface area contributed by atoms with Crippen molar-refractivity contribution >= 4 is 0 Å². The lowest BCUT2D eigenvalue weighted by Gasteiger charge is -2.22. The first-order chi connectivity index (χ1) is 4.58. The molecular formula is C8H12N2. The summed E-state index contributed by atoms with van der Waals surface area (Å²) in [6, 6.07) is 3.96. The van der Waals surface area contributed by atoms with Gasteiger partial charge in [-0.3, -0.25) is 0 Å². The molecule has 0 amide bonds. The van der Waals surface area contributed by atoms with Crippen molar-refractivity contribution in [2.75, 3.05) is 0 Å². The molecule has 0 bridgehead atoms. The molecule has 54 valence electrons. The fraction of sp³-hybridized carbons (Fsp3) is 0.750. The van der Waals surface area contributed by atoms with Crippen molar-refractivity contribution in [1.82, 2.24) is 0 Å². The summed E-state index contributed by atoms with van der Waals surface area (Å²) in [7, 11) is 0. The minimum Gasteiger partial charge on any atom is -0.197 e. The smallest absolute Gasteiger partial charge is 0.138 e. The van der Waals surface area contributed by atoms with Gasteiger partial charge in [-0.15, -0.1) is 0 Å². The third-order valence-corrected chi connectivity index (χ3v) is 1.95. The van der Waals surface area contributed by atoms with Crippen molar-refractivity contribution in [1.29, 1.82) is 10.5 Å². The molecule has 0 radical (unpaired) electrons. The van der Waals surface area contributed by atoms with Crippen LogP contribution in [0.4, 0.5) is 0 Å². The van der Waals surface area contributed by atoms with Crippen LogP contribution in [0.25, 0.3) is 0 Å². The van der Waals surface area contributed by atoms with Gasteiger partial charge in [0.05, 0.1) is 12.1 Å². The topological polar surface area (TPSA) is 47.6 Å². The van der Waals surface area contributed by atoms with Gasteiger partial charge in [-0.1, -0.05) is 20.8 Å². The van der Waals surface area contributed by atoms with Crippen LogP contribution in [-0.2, 0) is 0 Å². The zero-order chi connectivity index (χ0) is 8.20. The molecule has 0 rings (SSSR count). The number of nitriles is 2. The summed E-state index contributed by atoms with van der Waals surface area (Å²) in [5.41, 5.74) is -0.163. The Morgan fingerprint density at radius 2 is 1.70 bits per heavy atom. The first-order valence-corrected chi connectivity index (χ1v) is 3.37. The first kappa shape index (κ1) is 8.98. The number of rotatable bonds is 2. The van der Waals surface area contributed by atoms with Crippen LogP contribution in [0, 0.1) is 34.0 Å². The van der Waals surface area contributed by atoms with Crippen molar-refractivity contribution in [3.63, 3.8) is 0 Å². The molecule has 0 unspecified atom stereocenters. The van der Waals surface area contributed by atoms with Gasteiger partial charge in [0.15, 0.2) is 0 Å². The van der Waals surface area contributed by atoms with Gasteiger partial charge in [0, 0.05) is 0 Å². The summed E-state index contributed by atoms with van der Waals surface area (Å²) in [5, 5.41) is 17.0. The molecule has 0 atom stereocenters. The first-order valence-electron chi connectivity index (χ1n) is 3.37. The van der Waals surface area contributed by atoms with Gasteiger partial charge in [0.2, 0.25) is 0 Å². The maximum atomic E-state index is 8.52. The second-order valence-corrected chi connectivity index (χ2v) is 3.03. The maximum Gasteiger partial charge on any atom is 0.138 e. The van der Waals surface area contributed by atoms with Crippen molar-refractivity contribution in [2.24, 2.45) is 11.3 Å². The SMILES string of the molecule is CCC(C)(C)C(C#N)C#N. The van der Waals surface area contributed by atoms with Gasteiger partial charge < -0.3 is 0 Å². The van der Waals surface area contributed by atoms with Crippen molar-refractivity contribution < 1.29 is 0 Å². The molecule has 0 heterocycles. The Kier molecular flexibility index (Phi) is 2.90. The summed E-state index contributed by atoms with van der Waals surface area (Å²) in [6.45, 7) is 5.86. The lowest BCUT2D eigenvalue weighted by molar-refractivity contribution is 0.303. The Balaban J connectivity index is 4.34. The molecule has 0 aromatic heterocycles. The predicted octanol–water partition coefficient (Wildman–Crippen LogP) is 2.09. The van der Waals surface area contributed by atoms with Gasteiger partial charge in [-0.2, -0.15) is 10.5 Å². The molecule has 0 fully saturated rings. The molecule has 0 aliphatic heterocycles. The van der Waals surface area contributed by atoms with Gasteiger partial charge in [-0.05, 0) is 11.8 Å². The summed E-state index contributed by atoms with van der Waals surface area (Å²) in [4.78, 5) is 0. The van der Waals surface area contributed by atoms with Crippen molar-refractivity contribution in [2.45, 2.75) is 27.2 Å². The second-order valence-electron chi connectivity index (χ2n) is 3.03. The summed E-state index contributed by atoms with van der Waals surface area (Å²) in [5.74, 6) is -0.475. The largest absolute Gasteiger partial charge is 0.197 e. The highest BCUT2D eigenvalue weighted by atomic mass is 14.4. The number of hydrogen-bond acceptors (Lipinski definition) is 2. The van der Waals surface area contributed by atoms with E-state index in [0.29, 0.717) is 0 Å². The molecule has 0 saturated heterocycles. The van der Waals surface area contributed by atoms with E-state index in [1.54, 1.807) is 0 Å². The summed E-state index contributed by atoms with van der Waals surface area (Å²) in [6.07, 6.45) is 0.860. The average molecular weight is 136 g/mol. The van der Waals surface area contributed by atoms with E-state index in [1.807, 2.05) is 32.9 Å². The van der Waals surface area contributed by atoms with Crippen LogP contribution < -0.4 is 0 Å². The zero-order valence-electron chi connectivity index (χ0n) is 6.68. The Morgan fingerprint density at radius 3 is 1.80 bits per heavy atom. The summed E-state index contributed by atoms with van der Waals surface area (Å²) >= 11 is 0. The predicted molar refractivity (Wildman–Crippen MR) is 38.8 cm³/mol. The molecule has 0 saturated carbocycles. The molecule has 0 N–H and O–H groups in total. The molecular weight excluding hydrogens is 124 g/mol. The molecule has 0 aromatic carbocycles. The van der Waals surface area contributed by atoms with Gasteiger partial charge in [0.25, 0.3) is 0 Å². The average Bonchev–Trinajstić information content (AvgIpc) is 1.90. The molecule has 10 heavy (non-hydrogen) atoms. The third kappa shape index (κ3) is 1.74. The van der Waals surface area contributed by atoms with E-state index < -0.39 is 5.92 Å². The Bertz CT molecular complexity index is 166. The highest BCUT2D eigenvalue weighted by Crippen LogP contribution is 2.28. The summed E-state index contributed by atoms with van der Waals surface area (Å²) < 4.78 is 0. The van der Waals surface area contributed by atoms with Crippen LogP contribution >= 0.6 is 0 Å². The zero-order valence-corrected chi connectivity index (χ0v) is 6.68. The van der Waals surface area contributed by atoms with Crippen LogP contribution in [0.3, 0.4) is 0 Å². The lowest BCUT2D eigenvalue weighted by atomic mass is 9.78. The number of nitrogens with zero attached hydrogens (tertiary/aromatic N) is 2. The van der Waals surface area contributed by atoms with E-state index in [4.69, 9.17) is 10.5 Å². The third-order valence-electron chi connectivity index (χ3n) is 1.95. The standard InChI is InChI=1S/C8H12N2/c1-4-8(2,3)7(5-9)6-10/h7H,4H2,1-3H3.